The van der Waals surface area contributed by atoms with Crippen LogP contribution in [-0.4, -0.2) is 58.4 Å². The van der Waals surface area contributed by atoms with Gasteiger partial charge in [0.2, 0.25) is 11.9 Å². The molecule has 1 aliphatic rings. The van der Waals surface area contributed by atoms with Crippen LogP contribution in [0.5, 0.6) is 5.75 Å². The predicted molar refractivity (Wildman–Crippen MR) is 120 cm³/mol. The molecule has 1 fully saturated rings. The first-order valence-electron chi connectivity index (χ1n) is 10.1. The van der Waals surface area contributed by atoms with Gasteiger partial charge in [-0.25, -0.2) is 4.68 Å². The Bertz CT molecular complexity index is 817. The third-order valence-corrected chi connectivity index (χ3v) is 5.36. The van der Waals surface area contributed by atoms with Crippen LogP contribution in [0.4, 0.5) is 11.9 Å². The van der Waals surface area contributed by atoms with E-state index in [1.54, 1.807) is 9.58 Å². The van der Waals surface area contributed by atoms with Crippen molar-refractivity contribution >= 4 is 29.1 Å². The molecule has 1 saturated heterocycles. The Kier molecular flexibility index (Phi) is 7.27. The number of anilines is 2. The zero-order chi connectivity index (χ0) is 20.8. The third kappa shape index (κ3) is 5.80. The molecule has 8 nitrogen and oxygen atoms in total. The number of piperidine rings is 1. The van der Waals surface area contributed by atoms with Crippen molar-refractivity contribution in [2.24, 2.45) is 5.73 Å². The molecule has 1 aromatic carbocycles. The van der Waals surface area contributed by atoms with Crippen molar-refractivity contribution in [1.82, 2.24) is 19.7 Å². The second kappa shape index (κ2) is 9.89. The Morgan fingerprint density at radius 1 is 1.28 bits per heavy atom. The summed E-state index contributed by atoms with van der Waals surface area (Å²) >= 11 is 5.23. The lowest BCUT2D eigenvalue weighted by molar-refractivity contribution is 0.220. The molecule has 4 N–H and O–H groups in total. The number of nitrogen functional groups attached to an aromatic ring is 1. The highest BCUT2D eigenvalue weighted by Gasteiger charge is 2.21. The number of ether oxygens (including phenoxy) is 1. The molecule has 1 aromatic heterocycles. The standard InChI is InChI=1S/C20H31N7OS/c1-25(2)20-23-19(22)27(24-20)17(18(21)29)9-12-28-16-8-6-7-15(13-16)14-26-10-4-3-5-11-26/h6-8,13,17H,3-5,9-12,14H2,1-2H3,(H2,21,29)(H2,22,23,24). The average Bonchev–Trinajstić information content (AvgIpc) is 3.08. The Balaban J connectivity index is 1.58. The second-order valence-corrected chi connectivity index (χ2v) is 8.12. The molecule has 3 rings (SSSR count). The van der Waals surface area contributed by atoms with Gasteiger partial charge in [0.15, 0.2) is 0 Å². The van der Waals surface area contributed by atoms with Crippen molar-refractivity contribution in [3.8, 4) is 5.75 Å². The molecule has 9 heteroatoms. The van der Waals surface area contributed by atoms with Crippen molar-refractivity contribution in [1.29, 1.82) is 0 Å². The summed E-state index contributed by atoms with van der Waals surface area (Å²) in [6.45, 7) is 3.77. The largest absolute Gasteiger partial charge is 0.493 e. The molecule has 1 aliphatic heterocycles. The molecule has 29 heavy (non-hydrogen) atoms. The molecule has 0 radical (unpaired) electrons. The number of aromatic nitrogens is 3. The number of hydrogen-bond donors (Lipinski definition) is 2. The van der Waals surface area contributed by atoms with Gasteiger partial charge < -0.3 is 21.1 Å². The van der Waals surface area contributed by atoms with Gasteiger partial charge in [0.25, 0.3) is 0 Å². The van der Waals surface area contributed by atoms with Crippen LogP contribution in [0.25, 0.3) is 0 Å². The molecular weight excluding hydrogens is 386 g/mol. The van der Waals surface area contributed by atoms with Gasteiger partial charge in [-0.1, -0.05) is 30.8 Å². The van der Waals surface area contributed by atoms with Crippen molar-refractivity contribution < 1.29 is 4.74 Å². The summed E-state index contributed by atoms with van der Waals surface area (Å²) in [4.78, 5) is 8.84. The van der Waals surface area contributed by atoms with E-state index < -0.39 is 0 Å². The first kappa shape index (κ1) is 21.3. The molecule has 0 aliphatic carbocycles. The van der Waals surface area contributed by atoms with Gasteiger partial charge in [0, 0.05) is 27.1 Å². The molecule has 1 atom stereocenters. The summed E-state index contributed by atoms with van der Waals surface area (Å²) in [6, 6.07) is 7.93. The lowest BCUT2D eigenvalue weighted by Crippen LogP contribution is -2.29. The van der Waals surface area contributed by atoms with E-state index in [1.165, 1.54) is 37.9 Å². The van der Waals surface area contributed by atoms with E-state index in [1.807, 2.05) is 26.2 Å². The quantitative estimate of drug-likeness (QED) is 0.599. The van der Waals surface area contributed by atoms with Crippen LogP contribution < -0.4 is 21.1 Å². The lowest BCUT2D eigenvalue weighted by atomic mass is 10.1. The van der Waals surface area contributed by atoms with E-state index >= 15 is 0 Å². The number of benzene rings is 1. The Morgan fingerprint density at radius 3 is 2.69 bits per heavy atom. The first-order valence-corrected chi connectivity index (χ1v) is 10.5. The highest BCUT2D eigenvalue weighted by atomic mass is 32.1. The highest BCUT2D eigenvalue weighted by Crippen LogP contribution is 2.21. The Labute approximate surface area is 177 Å². The summed E-state index contributed by atoms with van der Waals surface area (Å²) < 4.78 is 7.56. The van der Waals surface area contributed by atoms with Crippen LogP contribution in [0.2, 0.25) is 0 Å². The molecular formula is C20H31N7OS. The summed E-state index contributed by atoms with van der Waals surface area (Å²) in [5, 5.41) is 4.41. The van der Waals surface area contributed by atoms with Gasteiger partial charge in [-0.05, 0) is 43.6 Å². The second-order valence-electron chi connectivity index (χ2n) is 7.65. The molecule has 2 aromatic rings. The van der Waals surface area contributed by atoms with Gasteiger partial charge in [-0.3, -0.25) is 4.90 Å². The van der Waals surface area contributed by atoms with Gasteiger partial charge in [0.05, 0.1) is 11.6 Å². The summed E-state index contributed by atoms with van der Waals surface area (Å²) in [5.74, 6) is 1.66. The minimum atomic E-state index is -0.345. The van der Waals surface area contributed by atoms with Gasteiger partial charge in [0.1, 0.15) is 11.8 Å². The number of hydrogen-bond acceptors (Lipinski definition) is 7. The van der Waals surface area contributed by atoms with E-state index in [0.29, 0.717) is 24.0 Å². The van der Waals surface area contributed by atoms with E-state index in [9.17, 15) is 0 Å². The summed E-state index contributed by atoms with van der Waals surface area (Å²) in [6.07, 6.45) is 4.48. The minimum Gasteiger partial charge on any atom is -0.493 e. The molecule has 0 saturated carbocycles. The SMILES string of the molecule is CN(C)c1nc(N)n(C(CCOc2cccc(CN3CCCCC3)c2)C(N)=S)n1. The van der Waals surface area contributed by atoms with Crippen LogP contribution in [0.15, 0.2) is 24.3 Å². The van der Waals surface area contributed by atoms with Crippen molar-refractivity contribution in [3.05, 3.63) is 29.8 Å². The number of thiocarbonyl (C=S) groups is 1. The molecule has 158 valence electrons. The van der Waals surface area contributed by atoms with E-state index in [-0.39, 0.29) is 12.0 Å². The Morgan fingerprint density at radius 2 is 2.03 bits per heavy atom. The molecule has 0 bridgehead atoms. The van der Waals surface area contributed by atoms with Crippen LogP contribution in [0, 0.1) is 0 Å². The topological polar surface area (TPSA) is 98.5 Å². The summed E-state index contributed by atoms with van der Waals surface area (Å²) in [5.41, 5.74) is 13.2. The molecule has 2 heterocycles. The maximum atomic E-state index is 6.01. The van der Waals surface area contributed by atoms with Gasteiger partial charge >= 0.3 is 0 Å². The fourth-order valence-corrected chi connectivity index (χ4v) is 3.74. The molecule has 1 unspecified atom stereocenters. The van der Waals surface area contributed by atoms with Crippen molar-refractivity contribution in [2.45, 2.75) is 38.3 Å². The normalized spacial score (nSPS) is 15.8. The third-order valence-electron chi connectivity index (χ3n) is 5.08. The number of likely N-dealkylation sites (tertiary alicyclic amines) is 1. The summed E-state index contributed by atoms with van der Waals surface area (Å²) in [7, 11) is 3.71. The molecule has 0 amide bonds. The smallest absolute Gasteiger partial charge is 0.246 e. The van der Waals surface area contributed by atoms with E-state index in [0.717, 1.165) is 12.3 Å². The van der Waals surface area contributed by atoms with Crippen LogP contribution >= 0.6 is 12.2 Å². The van der Waals surface area contributed by atoms with E-state index in [2.05, 4.69) is 27.1 Å². The van der Waals surface area contributed by atoms with Gasteiger partial charge in [-0.2, -0.15) is 4.98 Å². The number of nitrogens with two attached hydrogens (primary N) is 2. The maximum Gasteiger partial charge on any atom is 0.246 e. The fraction of sp³-hybridized carbons (Fsp3) is 0.550. The fourth-order valence-electron chi connectivity index (χ4n) is 3.53. The Hall–Kier alpha value is -2.39. The van der Waals surface area contributed by atoms with Gasteiger partial charge in [-0.15, -0.1) is 5.10 Å². The molecule has 0 spiro atoms. The average molecular weight is 418 g/mol. The van der Waals surface area contributed by atoms with Crippen LogP contribution in [-0.2, 0) is 6.54 Å². The zero-order valence-corrected chi connectivity index (χ0v) is 18.1. The van der Waals surface area contributed by atoms with Crippen molar-refractivity contribution in [3.63, 3.8) is 0 Å². The number of rotatable bonds is 9. The highest BCUT2D eigenvalue weighted by molar-refractivity contribution is 7.80. The van der Waals surface area contributed by atoms with Crippen LogP contribution in [0.3, 0.4) is 0 Å². The zero-order valence-electron chi connectivity index (χ0n) is 17.3. The van der Waals surface area contributed by atoms with E-state index in [4.69, 9.17) is 28.4 Å². The minimum absolute atomic E-state index is 0.287. The predicted octanol–water partition coefficient (Wildman–Crippen LogP) is 2.21. The van der Waals surface area contributed by atoms with Crippen LogP contribution in [0.1, 0.15) is 37.3 Å². The monoisotopic (exact) mass is 417 g/mol. The number of nitrogens with zero attached hydrogens (tertiary/aromatic N) is 5. The lowest BCUT2D eigenvalue weighted by Gasteiger charge is -2.26. The maximum absolute atomic E-state index is 6.01. The van der Waals surface area contributed by atoms with Crippen molar-refractivity contribution in [2.75, 3.05) is 44.4 Å². The first-order chi connectivity index (χ1) is 13.9.